The zero-order valence-electron chi connectivity index (χ0n) is 14.8. The highest BCUT2D eigenvalue weighted by atomic mass is 35.5. The van der Waals surface area contributed by atoms with Gasteiger partial charge in [-0.2, -0.15) is 0 Å². The summed E-state index contributed by atoms with van der Waals surface area (Å²) in [5.74, 6) is -0.883. The maximum Gasteiger partial charge on any atom is 0.250 e. The van der Waals surface area contributed by atoms with Crippen LogP contribution in [0.2, 0.25) is 5.02 Å². The van der Waals surface area contributed by atoms with Crippen LogP contribution in [-0.4, -0.2) is 21.1 Å². The van der Waals surface area contributed by atoms with E-state index >= 15 is 0 Å². The van der Waals surface area contributed by atoms with Crippen molar-refractivity contribution in [1.29, 1.82) is 0 Å². The average Bonchev–Trinajstić information content (AvgIpc) is 2.61. The third-order valence-corrected chi connectivity index (χ3v) is 4.28. The van der Waals surface area contributed by atoms with Gasteiger partial charge in [-0.15, -0.1) is 0 Å². The predicted molar refractivity (Wildman–Crippen MR) is 101 cm³/mol. The third kappa shape index (κ3) is 4.49. The maximum absolute atomic E-state index is 14.1. The number of halogens is 3. The van der Waals surface area contributed by atoms with Gasteiger partial charge in [0.25, 0.3) is 5.56 Å². The molecule has 5 nitrogen and oxygen atoms in total. The molecule has 0 radical (unpaired) electrons. The molecule has 0 spiro atoms. The standard InChI is InChI=1S/C19H17ClF2N4O/c1-11-7-17(23-5-3-12-4-6-26(2)18(27)8-12)25-19(24-11)13-9-16(22)14(20)10-15(13)21/h4,6-10H,3,5H2,1-2H3,(H,23,24,25). The normalized spacial score (nSPS) is 10.9. The first-order chi connectivity index (χ1) is 12.8. The van der Waals surface area contributed by atoms with Crippen LogP contribution in [0.15, 0.2) is 41.3 Å². The van der Waals surface area contributed by atoms with Crippen LogP contribution in [0.25, 0.3) is 11.4 Å². The van der Waals surface area contributed by atoms with Crippen LogP contribution in [0.3, 0.4) is 0 Å². The number of hydrogen-bond donors (Lipinski definition) is 1. The van der Waals surface area contributed by atoms with E-state index in [2.05, 4.69) is 15.3 Å². The van der Waals surface area contributed by atoms with Crippen LogP contribution in [0, 0.1) is 18.6 Å². The number of nitrogens with zero attached hydrogens (tertiary/aromatic N) is 3. The summed E-state index contributed by atoms with van der Waals surface area (Å²) in [4.78, 5) is 20.1. The molecule has 27 heavy (non-hydrogen) atoms. The fourth-order valence-electron chi connectivity index (χ4n) is 2.55. The van der Waals surface area contributed by atoms with Crippen LogP contribution in [0.4, 0.5) is 14.6 Å². The summed E-state index contributed by atoms with van der Waals surface area (Å²) >= 11 is 5.59. The molecule has 1 aromatic carbocycles. The van der Waals surface area contributed by atoms with Crippen molar-refractivity contribution in [2.45, 2.75) is 13.3 Å². The summed E-state index contributed by atoms with van der Waals surface area (Å²) < 4.78 is 29.3. The molecule has 0 atom stereocenters. The second kappa shape index (κ2) is 7.84. The molecule has 0 aliphatic heterocycles. The van der Waals surface area contributed by atoms with E-state index in [4.69, 9.17) is 11.6 Å². The fourth-order valence-corrected chi connectivity index (χ4v) is 2.70. The molecule has 0 saturated heterocycles. The second-order valence-electron chi connectivity index (χ2n) is 6.13. The van der Waals surface area contributed by atoms with Crippen LogP contribution in [-0.2, 0) is 13.5 Å². The molecule has 0 bridgehead atoms. The molecule has 8 heteroatoms. The number of hydrogen-bond acceptors (Lipinski definition) is 4. The lowest BCUT2D eigenvalue weighted by Crippen LogP contribution is -2.16. The van der Waals surface area contributed by atoms with Gasteiger partial charge in [-0.25, -0.2) is 18.7 Å². The molecule has 0 aliphatic rings. The quantitative estimate of drug-likeness (QED) is 0.674. The van der Waals surface area contributed by atoms with Gasteiger partial charge < -0.3 is 9.88 Å². The number of pyridine rings is 1. The lowest BCUT2D eigenvalue weighted by atomic mass is 10.2. The molecule has 3 aromatic rings. The Balaban J connectivity index is 1.78. The summed E-state index contributed by atoms with van der Waals surface area (Å²) in [7, 11) is 1.69. The van der Waals surface area contributed by atoms with Crippen molar-refractivity contribution >= 4 is 17.4 Å². The number of anilines is 1. The Hall–Kier alpha value is -2.80. The summed E-state index contributed by atoms with van der Waals surface area (Å²) in [6, 6.07) is 7.03. The topological polar surface area (TPSA) is 59.8 Å². The van der Waals surface area contributed by atoms with Gasteiger partial charge in [0.05, 0.1) is 10.6 Å². The summed E-state index contributed by atoms with van der Waals surface area (Å²) in [6.07, 6.45) is 2.32. The van der Waals surface area contributed by atoms with Gasteiger partial charge in [-0.05, 0) is 37.1 Å². The molecular weight excluding hydrogens is 374 g/mol. The molecule has 0 saturated carbocycles. The molecule has 0 amide bonds. The van der Waals surface area contributed by atoms with Crippen molar-refractivity contribution in [3.63, 3.8) is 0 Å². The first kappa shape index (κ1) is 19.0. The Bertz CT molecular complexity index is 1050. The number of aromatic nitrogens is 3. The van der Waals surface area contributed by atoms with E-state index < -0.39 is 11.6 Å². The Kier molecular flexibility index (Phi) is 5.51. The molecule has 3 rings (SSSR count). The molecule has 2 aromatic heterocycles. The number of rotatable bonds is 5. The largest absolute Gasteiger partial charge is 0.370 e. The van der Waals surface area contributed by atoms with E-state index in [1.165, 1.54) is 4.57 Å². The Labute approximate surface area is 159 Å². The van der Waals surface area contributed by atoms with Crippen molar-refractivity contribution in [1.82, 2.24) is 14.5 Å². The molecule has 1 N–H and O–H groups in total. The highest BCUT2D eigenvalue weighted by Gasteiger charge is 2.14. The van der Waals surface area contributed by atoms with Gasteiger partial charge in [0.1, 0.15) is 17.5 Å². The van der Waals surface area contributed by atoms with Crippen molar-refractivity contribution in [3.05, 3.63) is 74.8 Å². The minimum absolute atomic E-state index is 0.0600. The Morgan fingerprint density at radius 1 is 1.15 bits per heavy atom. The minimum atomic E-state index is -0.738. The smallest absolute Gasteiger partial charge is 0.250 e. The van der Waals surface area contributed by atoms with E-state index in [0.29, 0.717) is 24.5 Å². The summed E-state index contributed by atoms with van der Waals surface area (Å²) in [5, 5.41) is 2.83. The fraction of sp³-hybridized carbons (Fsp3) is 0.211. The van der Waals surface area contributed by atoms with Crippen molar-refractivity contribution < 1.29 is 8.78 Å². The number of aryl methyl sites for hydroxylation is 2. The zero-order valence-corrected chi connectivity index (χ0v) is 15.5. The molecule has 2 heterocycles. The van der Waals surface area contributed by atoms with Gasteiger partial charge in [0.2, 0.25) is 0 Å². The Morgan fingerprint density at radius 3 is 2.67 bits per heavy atom. The van der Waals surface area contributed by atoms with E-state index in [9.17, 15) is 13.6 Å². The first-order valence-electron chi connectivity index (χ1n) is 8.23. The van der Waals surface area contributed by atoms with Crippen LogP contribution >= 0.6 is 11.6 Å². The van der Waals surface area contributed by atoms with Gasteiger partial charge in [0.15, 0.2) is 5.82 Å². The zero-order chi connectivity index (χ0) is 19.6. The average molecular weight is 391 g/mol. The van der Waals surface area contributed by atoms with Crippen LogP contribution < -0.4 is 10.9 Å². The summed E-state index contributed by atoms with van der Waals surface area (Å²) in [6.45, 7) is 2.25. The maximum atomic E-state index is 14.1. The van der Waals surface area contributed by atoms with Gasteiger partial charge in [-0.3, -0.25) is 4.79 Å². The van der Waals surface area contributed by atoms with E-state index in [0.717, 1.165) is 17.7 Å². The third-order valence-electron chi connectivity index (χ3n) is 3.99. The van der Waals surface area contributed by atoms with Crippen LogP contribution in [0.5, 0.6) is 0 Å². The lowest BCUT2D eigenvalue weighted by Gasteiger charge is -2.10. The van der Waals surface area contributed by atoms with E-state index in [1.54, 1.807) is 32.3 Å². The first-order valence-corrected chi connectivity index (χ1v) is 8.61. The molecule has 0 unspecified atom stereocenters. The minimum Gasteiger partial charge on any atom is -0.370 e. The molecule has 140 valence electrons. The van der Waals surface area contributed by atoms with Gasteiger partial charge in [-0.1, -0.05) is 11.6 Å². The molecule has 0 fully saturated rings. The monoisotopic (exact) mass is 390 g/mol. The highest BCUT2D eigenvalue weighted by Crippen LogP contribution is 2.26. The van der Waals surface area contributed by atoms with Crippen molar-refractivity contribution in [2.75, 3.05) is 11.9 Å². The van der Waals surface area contributed by atoms with Crippen molar-refractivity contribution in [3.8, 4) is 11.4 Å². The van der Waals surface area contributed by atoms with E-state index in [1.807, 2.05) is 6.07 Å². The molecule has 0 aliphatic carbocycles. The Morgan fingerprint density at radius 2 is 1.93 bits per heavy atom. The van der Waals surface area contributed by atoms with Gasteiger partial charge in [0, 0.05) is 37.6 Å². The number of nitrogens with one attached hydrogen (secondary N) is 1. The second-order valence-corrected chi connectivity index (χ2v) is 6.53. The van der Waals surface area contributed by atoms with Crippen molar-refractivity contribution in [2.24, 2.45) is 7.05 Å². The lowest BCUT2D eigenvalue weighted by molar-refractivity contribution is 0.602. The number of benzene rings is 1. The van der Waals surface area contributed by atoms with Crippen LogP contribution in [0.1, 0.15) is 11.3 Å². The van der Waals surface area contributed by atoms with Gasteiger partial charge >= 0.3 is 0 Å². The predicted octanol–water partition coefficient (Wildman–Crippen LogP) is 3.74. The highest BCUT2D eigenvalue weighted by molar-refractivity contribution is 6.30. The summed E-state index contributed by atoms with van der Waals surface area (Å²) in [5.41, 5.74) is 1.36. The SMILES string of the molecule is Cc1cc(NCCc2ccn(C)c(=O)c2)nc(-c2cc(F)c(Cl)cc2F)n1. The van der Waals surface area contributed by atoms with E-state index in [-0.39, 0.29) is 22.0 Å². The molecular formula is C19H17ClF2N4O.